The Bertz CT molecular complexity index is 749. The average molecular weight is 255 g/mol. The summed E-state index contributed by atoms with van der Waals surface area (Å²) in [5.74, 6) is 0. The molecule has 0 bridgehead atoms. The molecule has 3 aromatic rings. The molecule has 0 saturated heterocycles. The first kappa shape index (κ1) is 11.2. The SMILES string of the molecule is CCn1cc(-c2cccc3ccccc23)sc1=O. The molecule has 18 heavy (non-hydrogen) atoms. The fourth-order valence-corrected chi connectivity index (χ4v) is 3.11. The highest BCUT2D eigenvalue weighted by molar-refractivity contribution is 7.13. The number of hydrogen-bond donors (Lipinski definition) is 0. The van der Waals surface area contributed by atoms with Crippen LogP contribution in [0.1, 0.15) is 6.92 Å². The van der Waals surface area contributed by atoms with E-state index in [1.807, 2.05) is 31.3 Å². The Morgan fingerprint density at radius 1 is 1.11 bits per heavy atom. The Labute approximate surface area is 109 Å². The number of aryl methyl sites for hydroxylation is 1. The van der Waals surface area contributed by atoms with Gasteiger partial charge in [-0.1, -0.05) is 53.8 Å². The van der Waals surface area contributed by atoms with Gasteiger partial charge in [0.25, 0.3) is 0 Å². The van der Waals surface area contributed by atoms with Gasteiger partial charge in [-0.2, -0.15) is 0 Å². The second-order valence-electron chi connectivity index (χ2n) is 4.17. The minimum absolute atomic E-state index is 0.112. The molecule has 0 saturated carbocycles. The third kappa shape index (κ3) is 1.77. The largest absolute Gasteiger partial charge is 0.307 e. The van der Waals surface area contributed by atoms with Crippen LogP contribution >= 0.6 is 11.3 Å². The zero-order chi connectivity index (χ0) is 12.5. The van der Waals surface area contributed by atoms with Crippen LogP contribution in [0.25, 0.3) is 21.2 Å². The molecule has 0 aliphatic rings. The number of fused-ring (bicyclic) bond motifs is 1. The lowest BCUT2D eigenvalue weighted by Crippen LogP contribution is -2.09. The molecule has 3 heteroatoms. The third-order valence-corrected chi connectivity index (χ3v) is 4.06. The molecule has 0 radical (unpaired) electrons. The van der Waals surface area contributed by atoms with Crippen LogP contribution in [0.3, 0.4) is 0 Å². The molecule has 0 unspecified atom stereocenters. The first-order valence-electron chi connectivity index (χ1n) is 5.98. The number of thiazole rings is 1. The Balaban J connectivity index is 2.28. The predicted molar refractivity (Wildman–Crippen MR) is 77.2 cm³/mol. The maximum Gasteiger partial charge on any atom is 0.307 e. The number of aromatic nitrogens is 1. The van der Waals surface area contributed by atoms with Gasteiger partial charge < -0.3 is 4.57 Å². The summed E-state index contributed by atoms with van der Waals surface area (Å²) in [6, 6.07) is 14.5. The van der Waals surface area contributed by atoms with E-state index >= 15 is 0 Å². The summed E-state index contributed by atoms with van der Waals surface area (Å²) in [7, 11) is 0. The fourth-order valence-electron chi connectivity index (χ4n) is 2.16. The van der Waals surface area contributed by atoms with Gasteiger partial charge in [0.05, 0.1) is 4.88 Å². The highest BCUT2D eigenvalue weighted by Gasteiger charge is 2.08. The van der Waals surface area contributed by atoms with Crippen molar-refractivity contribution in [2.45, 2.75) is 13.5 Å². The number of rotatable bonds is 2. The first-order valence-corrected chi connectivity index (χ1v) is 6.79. The molecule has 0 fully saturated rings. The van der Waals surface area contributed by atoms with Gasteiger partial charge >= 0.3 is 4.87 Å². The summed E-state index contributed by atoms with van der Waals surface area (Å²) in [6.07, 6.45) is 1.95. The fraction of sp³-hybridized carbons (Fsp3) is 0.133. The van der Waals surface area contributed by atoms with Crippen LogP contribution in [0, 0.1) is 0 Å². The quantitative estimate of drug-likeness (QED) is 0.683. The Hall–Kier alpha value is -1.87. The number of nitrogens with zero attached hydrogens (tertiary/aromatic N) is 1. The molecule has 90 valence electrons. The van der Waals surface area contributed by atoms with Gasteiger partial charge in [-0.3, -0.25) is 4.79 Å². The van der Waals surface area contributed by atoms with Gasteiger partial charge in [0, 0.05) is 18.3 Å². The highest BCUT2D eigenvalue weighted by Crippen LogP contribution is 2.30. The highest BCUT2D eigenvalue weighted by atomic mass is 32.1. The zero-order valence-corrected chi connectivity index (χ0v) is 10.9. The van der Waals surface area contributed by atoms with Gasteiger partial charge in [0.1, 0.15) is 0 Å². The normalized spacial score (nSPS) is 10.9. The molecule has 0 spiro atoms. The Morgan fingerprint density at radius 2 is 1.89 bits per heavy atom. The van der Waals surface area contributed by atoms with Crippen molar-refractivity contribution in [1.82, 2.24) is 4.57 Å². The molecule has 0 amide bonds. The molecular formula is C15H13NOS. The van der Waals surface area contributed by atoms with Crippen LogP contribution < -0.4 is 4.87 Å². The van der Waals surface area contributed by atoms with Gasteiger partial charge in [0.2, 0.25) is 0 Å². The van der Waals surface area contributed by atoms with Crippen molar-refractivity contribution in [2.24, 2.45) is 0 Å². The summed E-state index contributed by atoms with van der Waals surface area (Å²) in [4.78, 5) is 12.9. The van der Waals surface area contributed by atoms with Crippen molar-refractivity contribution >= 4 is 22.1 Å². The lowest BCUT2D eigenvalue weighted by molar-refractivity contribution is 0.750. The molecule has 0 N–H and O–H groups in total. The van der Waals surface area contributed by atoms with Crippen LogP contribution in [0.4, 0.5) is 0 Å². The minimum Gasteiger partial charge on any atom is -0.306 e. The smallest absolute Gasteiger partial charge is 0.306 e. The van der Waals surface area contributed by atoms with Gasteiger partial charge in [0.15, 0.2) is 0 Å². The van der Waals surface area contributed by atoms with E-state index in [0.29, 0.717) is 0 Å². The van der Waals surface area contributed by atoms with Gasteiger partial charge in [-0.15, -0.1) is 0 Å². The van der Waals surface area contributed by atoms with Crippen LogP contribution in [-0.2, 0) is 6.54 Å². The molecule has 1 heterocycles. The van der Waals surface area contributed by atoms with E-state index in [1.165, 1.54) is 22.1 Å². The van der Waals surface area contributed by atoms with Crippen molar-refractivity contribution < 1.29 is 0 Å². The van der Waals surface area contributed by atoms with E-state index in [0.717, 1.165) is 17.0 Å². The zero-order valence-electron chi connectivity index (χ0n) is 10.1. The second kappa shape index (κ2) is 4.42. The Kier molecular flexibility index (Phi) is 2.76. The van der Waals surface area contributed by atoms with Crippen molar-refractivity contribution in [3.8, 4) is 10.4 Å². The Morgan fingerprint density at radius 3 is 2.67 bits per heavy atom. The van der Waals surface area contributed by atoms with E-state index < -0.39 is 0 Å². The third-order valence-electron chi connectivity index (χ3n) is 3.10. The first-order chi connectivity index (χ1) is 8.79. The van der Waals surface area contributed by atoms with Gasteiger partial charge in [-0.05, 0) is 17.7 Å². The maximum absolute atomic E-state index is 11.8. The molecule has 0 atom stereocenters. The molecular weight excluding hydrogens is 242 g/mol. The average Bonchev–Trinajstić information content (AvgIpc) is 2.79. The number of benzene rings is 2. The maximum atomic E-state index is 11.8. The molecule has 1 aromatic heterocycles. The molecule has 2 aromatic carbocycles. The van der Waals surface area contributed by atoms with Gasteiger partial charge in [-0.25, -0.2) is 0 Å². The molecule has 0 aliphatic heterocycles. The standard InChI is InChI=1S/C15H13NOS/c1-2-16-10-14(18-15(16)17)13-9-5-7-11-6-3-4-8-12(11)13/h3-10H,2H2,1H3. The van der Waals surface area contributed by atoms with E-state index in [-0.39, 0.29) is 4.87 Å². The van der Waals surface area contributed by atoms with Crippen LogP contribution in [-0.4, -0.2) is 4.57 Å². The summed E-state index contributed by atoms with van der Waals surface area (Å²) in [5.41, 5.74) is 1.14. The van der Waals surface area contributed by atoms with Crippen molar-refractivity contribution in [3.63, 3.8) is 0 Å². The topological polar surface area (TPSA) is 22.0 Å². The lowest BCUT2D eigenvalue weighted by Gasteiger charge is -2.03. The van der Waals surface area contributed by atoms with Crippen LogP contribution in [0.15, 0.2) is 53.5 Å². The monoisotopic (exact) mass is 255 g/mol. The summed E-state index contributed by atoms with van der Waals surface area (Å²) in [6.45, 7) is 2.71. The lowest BCUT2D eigenvalue weighted by atomic mass is 10.0. The van der Waals surface area contributed by atoms with Crippen LogP contribution in [0.5, 0.6) is 0 Å². The predicted octanol–water partition coefficient (Wildman–Crippen LogP) is 3.75. The van der Waals surface area contributed by atoms with E-state index in [2.05, 4.69) is 24.3 Å². The molecule has 0 aliphatic carbocycles. The van der Waals surface area contributed by atoms with E-state index in [1.54, 1.807) is 4.57 Å². The summed E-state index contributed by atoms with van der Waals surface area (Å²) < 4.78 is 1.75. The summed E-state index contributed by atoms with van der Waals surface area (Å²) in [5, 5.41) is 2.41. The van der Waals surface area contributed by atoms with Crippen molar-refractivity contribution in [2.75, 3.05) is 0 Å². The van der Waals surface area contributed by atoms with E-state index in [9.17, 15) is 4.79 Å². The summed E-state index contributed by atoms with van der Waals surface area (Å²) >= 11 is 1.31. The van der Waals surface area contributed by atoms with Crippen molar-refractivity contribution in [1.29, 1.82) is 0 Å². The second-order valence-corrected chi connectivity index (χ2v) is 5.17. The van der Waals surface area contributed by atoms with E-state index in [4.69, 9.17) is 0 Å². The molecule has 2 nitrogen and oxygen atoms in total. The van der Waals surface area contributed by atoms with Crippen LogP contribution in [0.2, 0.25) is 0 Å². The van der Waals surface area contributed by atoms with Crippen molar-refractivity contribution in [3.05, 3.63) is 58.3 Å². The number of hydrogen-bond acceptors (Lipinski definition) is 2. The minimum atomic E-state index is 0.112. The molecule has 3 rings (SSSR count).